The van der Waals surface area contributed by atoms with Crippen molar-refractivity contribution in [2.75, 3.05) is 11.4 Å². The number of carbonyl (C=O) groups is 2. The topological polar surface area (TPSA) is 40.6 Å². The van der Waals surface area contributed by atoms with Crippen LogP contribution in [-0.2, 0) is 21.0 Å². The Hall–Kier alpha value is -2.27. The lowest BCUT2D eigenvalue weighted by molar-refractivity contribution is -0.140. The molecule has 2 aliphatic heterocycles. The highest BCUT2D eigenvalue weighted by Crippen LogP contribution is 2.59. The van der Waals surface area contributed by atoms with Crippen molar-refractivity contribution in [2.45, 2.75) is 50.3 Å². The van der Waals surface area contributed by atoms with Crippen LogP contribution in [0.25, 0.3) is 0 Å². The molecule has 2 aliphatic rings. The van der Waals surface area contributed by atoms with Gasteiger partial charge in [-0.3, -0.25) is 9.59 Å². The van der Waals surface area contributed by atoms with Crippen LogP contribution in [0.2, 0.25) is 0 Å². The number of benzene rings is 2. The maximum atomic E-state index is 13.9. The molecular formula is C23H26N2O2S. The minimum absolute atomic E-state index is 0.00525. The van der Waals surface area contributed by atoms with Crippen LogP contribution in [0.1, 0.15) is 43.9 Å². The van der Waals surface area contributed by atoms with Gasteiger partial charge in [-0.05, 0) is 38.0 Å². The summed E-state index contributed by atoms with van der Waals surface area (Å²) in [6.45, 7) is 9.24. The van der Waals surface area contributed by atoms with Crippen molar-refractivity contribution in [3.05, 3.63) is 65.2 Å². The standard InChI is InChI=1S/C23H26N2O2S/c1-5-20(26)25-15-22(3,4)28-23(25)18-12-8-9-13-19(18)24(21(23)27)14-17-11-7-6-10-16(17)2/h6-13H,5,14-15H2,1-4H3/t23-/m1/s1. The third kappa shape index (κ3) is 2.75. The van der Waals surface area contributed by atoms with Crippen molar-refractivity contribution < 1.29 is 9.59 Å². The lowest BCUT2D eigenvalue weighted by Crippen LogP contribution is -2.50. The monoisotopic (exact) mass is 394 g/mol. The molecule has 4 nitrogen and oxygen atoms in total. The van der Waals surface area contributed by atoms with Crippen molar-refractivity contribution >= 4 is 29.3 Å². The Labute approximate surface area is 170 Å². The van der Waals surface area contributed by atoms with Crippen LogP contribution in [0.15, 0.2) is 48.5 Å². The Morgan fingerprint density at radius 1 is 1.11 bits per heavy atom. The average Bonchev–Trinajstić information content (AvgIpc) is 3.09. The third-order valence-electron chi connectivity index (χ3n) is 5.63. The molecule has 1 saturated heterocycles. The zero-order chi connectivity index (χ0) is 20.1. The van der Waals surface area contributed by atoms with Crippen molar-refractivity contribution in [3.63, 3.8) is 0 Å². The van der Waals surface area contributed by atoms with E-state index >= 15 is 0 Å². The van der Waals surface area contributed by atoms with Crippen molar-refractivity contribution in [2.24, 2.45) is 0 Å². The van der Waals surface area contributed by atoms with Crippen LogP contribution >= 0.6 is 11.8 Å². The van der Waals surface area contributed by atoms with E-state index < -0.39 is 4.87 Å². The van der Waals surface area contributed by atoms with E-state index in [0.717, 1.165) is 22.4 Å². The molecule has 1 atom stereocenters. The Bertz CT molecular complexity index is 955. The van der Waals surface area contributed by atoms with Crippen molar-refractivity contribution in [1.29, 1.82) is 0 Å². The molecule has 0 aromatic heterocycles. The smallest absolute Gasteiger partial charge is 0.268 e. The number of hydrogen-bond acceptors (Lipinski definition) is 3. The molecule has 28 heavy (non-hydrogen) atoms. The van der Waals surface area contributed by atoms with E-state index in [1.807, 2.05) is 53.1 Å². The van der Waals surface area contributed by atoms with E-state index in [1.54, 1.807) is 11.8 Å². The fraction of sp³-hybridized carbons (Fsp3) is 0.391. The summed E-state index contributed by atoms with van der Waals surface area (Å²) in [6.07, 6.45) is 0.394. The molecule has 0 N–H and O–H groups in total. The number of thioether (sulfide) groups is 1. The summed E-state index contributed by atoms with van der Waals surface area (Å²) in [5.41, 5.74) is 4.13. The SMILES string of the molecule is CCC(=O)N1CC(C)(C)S[C@]12C(=O)N(Cc1ccccc1C)c1ccccc12. The van der Waals surface area contributed by atoms with Gasteiger partial charge in [0.25, 0.3) is 5.91 Å². The van der Waals surface area contributed by atoms with Gasteiger partial charge in [-0.1, -0.05) is 49.4 Å². The van der Waals surface area contributed by atoms with E-state index in [4.69, 9.17) is 0 Å². The van der Waals surface area contributed by atoms with E-state index in [-0.39, 0.29) is 16.6 Å². The molecule has 1 spiro atoms. The normalized spacial score (nSPS) is 22.8. The minimum atomic E-state index is -0.962. The van der Waals surface area contributed by atoms with E-state index in [1.165, 1.54) is 0 Å². The fourth-order valence-corrected chi connectivity index (χ4v) is 6.06. The Balaban J connectivity index is 1.85. The van der Waals surface area contributed by atoms with Gasteiger partial charge in [-0.15, -0.1) is 11.8 Å². The molecule has 0 saturated carbocycles. The quantitative estimate of drug-likeness (QED) is 0.772. The highest BCUT2D eigenvalue weighted by molar-refractivity contribution is 8.02. The van der Waals surface area contributed by atoms with Gasteiger partial charge in [0.05, 0.1) is 12.2 Å². The summed E-state index contributed by atoms with van der Waals surface area (Å²) in [4.78, 5) is 29.5. The molecule has 0 radical (unpaired) electrons. The molecule has 1 fully saturated rings. The number of carbonyl (C=O) groups excluding carboxylic acids is 2. The predicted molar refractivity (Wildman–Crippen MR) is 114 cm³/mol. The first-order valence-corrected chi connectivity index (χ1v) is 10.6. The highest BCUT2D eigenvalue weighted by atomic mass is 32.2. The molecule has 0 aliphatic carbocycles. The lowest BCUT2D eigenvalue weighted by atomic mass is 10.0. The van der Waals surface area contributed by atoms with Crippen LogP contribution in [0, 0.1) is 6.92 Å². The Morgan fingerprint density at radius 2 is 1.79 bits per heavy atom. The number of para-hydroxylation sites is 1. The van der Waals surface area contributed by atoms with Crippen LogP contribution in [0.5, 0.6) is 0 Å². The molecule has 146 valence electrons. The average molecular weight is 395 g/mol. The molecule has 0 unspecified atom stereocenters. The number of anilines is 1. The first-order valence-electron chi connectivity index (χ1n) is 9.77. The van der Waals surface area contributed by atoms with E-state index in [0.29, 0.717) is 19.5 Å². The minimum Gasteiger partial charge on any atom is -0.314 e. The maximum absolute atomic E-state index is 13.9. The second kappa shape index (κ2) is 6.66. The zero-order valence-corrected chi connectivity index (χ0v) is 17.7. The van der Waals surface area contributed by atoms with Gasteiger partial charge in [0.2, 0.25) is 5.91 Å². The molecule has 4 rings (SSSR count). The largest absolute Gasteiger partial charge is 0.314 e. The summed E-state index contributed by atoms with van der Waals surface area (Å²) < 4.78 is -0.188. The first kappa shape index (κ1) is 19.1. The number of fused-ring (bicyclic) bond motifs is 2. The van der Waals surface area contributed by atoms with E-state index in [2.05, 4.69) is 32.9 Å². The third-order valence-corrected chi connectivity index (χ3v) is 7.22. The number of hydrogen-bond donors (Lipinski definition) is 0. The fourth-order valence-electron chi connectivity index (χ4n) is 4.31. The highest BCUT2D eigenvalue weighted by Gasteiger charge is 2.63. The second-order valence-electron chi connectivity index (χ2n) is 8.17. The summed E-state index contributed by atoms with van der Waals surface area (Å²) in [5.74, 6) is 0.0216. The maximum Gasteiger partial charge on any atom is 0.268 e. The summed E-state index contributed by atoms with van der Waals surface area (Å²) in [5, 5.41) is 0. The zero-order valence-electron chi connectivity index (χ0n) is 16.9. The molecule has 2 aromatic carbocycles. The second-order valence-corrected chi connectivity index (χ2v) is 10.1. The predicted octanol–water partition coefficient (Wildman–Crippen LogP) is 4.46. The van der Waals surface area contributed by atoms with E-state index in [9.17, 15) is 9.59 Å². The van der Waals surface area contributed by atoms with Gasteiger partial charge >= 0.3 is 0 Å². The lowest BCUT2D eigenvalue weighted by Gasteiger charge is -2.33. The molecule has 5 heteroatoms. The first-order chi connectivity index (χ1) is 13.3. The van der Waals surface area contributed by atoms with Gasteiger partial charge in [0.1, 0.15) is 0 Å². The van der Waals surface area contributed by atoms with Crippen LogP contribution in [-0.4, -0.2) is 28.0 Å². The Morgan fingerprint density at radius 3 is 2.50 bits per heavy atom. The number of nitrogens with zero attached hydrogens (tertiary/aromatic N) is 2. The van der Waals surface area contributed by atoms with Crippen LogP contribution < -0.4 is 4.90 Å². The molecule has 2 heterocycles. The van der Waals surface area contributed by atoms with Crippen LogP contribution in [0.4, 0.5) is 5.69 Å². The molecule has 2 amide bonds. The van der Waals surface area contributed by atoms with Gasteiger partial charge < -0.3 is 9.80 Å². The summed E-state index contributed by atoms with van der Waals surface area (Å²) in [6, 6.07) is 16.1. The van der Waals surface area contributed by atoms with Crippen molar-refractivity contribution in [3.8, 4) is 0 Å². The number of aryl methyl sites for hydroxylation is 1. The molecule has 2 aromatic rings. The molecular weight excluding hydrogens is 368 g/mol. The summed E-state index contributed by atoms with van der Waals surface area (Å²) in [7, 11) is 0. The van der Waals surface area contributed by atoms with Gasteiger partial charge in [0, 0.05) is 23.3 Å². The van der Waals surface area contributed by atoms with Gasteiger partial charge in [0.15, 0.2) is 4.87 Å². The number of amides is 2. The van der Waals surface area contributed by atoms with Crippen LogP contribution in [0.3, 0.4) is 0 Å². The summed E-state index contributed by atoms with van der Waals surface area (Å²) >= 11 is 1.61. The Kier molecular flexibility index (Phi) is 4.53. The van der Waals surface area contributed by atoms with Gasteiger partial charge in [-0.2, -0.15) is 0 Å². The molecule has 0 bridgehead atoms. The number of rotatable bonds is 3. The van der Waals surface area contributed by atoms with Crippen molar-refractivity contribution in [1.82, 2.24) is 4.90 Å². The van der Waals surface area contributed by atoms with Gasteiger partial charge in [-0.25, -0.2) is 0 Å².